The van der Waals surface area contributed by atoms with Crippen LogP contribution in [0.3, 0.4) is 0 Å². The van der Waals surface area contributed by atoms with Crippen LogP contribution in [0.4, 0.5) is 4.39 Å². The maximum Gasteiger partial charge on any atom is 0.261 e. The van der Waals surface area contributed by atoms with Gasteiger partial charge in [-0.05, 0) is 60.4 Å². The smallest absolute Gasteiger partial charge is 0.261 e. The lowest BCUT2D eigenvalue weighted by Gasteiger charge is -2.14. The van der Waals surface area contributed by atoms with Crippen molar-refractivity contribution in [2.45, 2.75) is 18.9 Å². The van der Waals surface area contributed by atoms with E-state index in [1.165, 1.54) is 24.5 Å². The molecule has 4 rings (SSSR count). The van der Waals surface area contributed by atoms with E-state index in [4.69, 9.17) is 4.42 Å². The fraction of sp³-hybridized carbons (Fsp3) is 0.158. The largest absolute Gasteiger partial charge is 0.463 e. The minimum atomic E-state index is -0.483. The first-order valence-corrected chi connectivity index (χ1v) is 7.98. The van der Waals surface area contributed by atoms with Crippen LogP contribution in [0.25, 0.3) is 11.5 Å². The van der Waals surface area contributed by atoms with Crippen LogP contribution in [0.5, 0.6) is 0 Å². The third kappa shape index (κ3) is 2.87. The van der Waals surface area contributed by atoms with Crippen molar-refractivity contribution in [1.29, 1.82) is 0 Å². The maximum atomic E-state index is 13.3. The summed E-state index contributed by atoms with van der Waals surface area (Å²) in [5.41, 5.74) is 1.86. The lowest BCUT2D eigenvalue weighted by atomic mass is 10.1. The van der Waals surface area contributed by atoms with Crippen molar-refractivity contribution in [1.82, 2.24) is 10.3 Å². The zero-order valence-electron chi connectivity index (χ0n) is 13.2. The molecule has 0 radical (unpaired) electrons. The molecule has 1 aromatic carbocycles. The van der Waals surface area contributed by atoms with Gasteiger partial charge in [0.2, 0.25) is 0 Å². The fourth-order valence-electron chi connectivity index (χ4n) is 3.20. The molecule has 1 aliphatic carbocycles. The third-order valence-electron chi connectivity index (χ3n) is 4.43. The summed E-state index contributed by atoms with van der Waals surface area (Å²) in [4.78, 5) is 27.4. The molecule has 0 spiro atoms. The number of fused-ring (bicyclic) bond motifs is 1. The predicted octanol–water partition coefficient (Wildman–Crippen LogP) is 3.19. The molecular weight excluding hydrogens is 323 g/mol. The summed E-state index contributed by atoms with van der Waals surface area (Å²) < 4.78 is 18.5. The van der Waals surface area contributed by atoms with Crippen LogP contribution < -0.4 is 10.9 Å². The highest BCUT2D eigenvalue weighted by molar-refractivity contribution is 5.94. The van der Waals surface area contributed by atoms with Gasteiger partial charge in [-0.2, -0.15) is 0 Å². The Morgan fingerprint density at radius 2 is 2.12 bits per heavy atom. The van der Waals surface area contributed by atoms with Gasteiger partial charge >= 0.3 is 0 Å². The van der Waals surface area contributed by atoms with Crippen LogP contribution in [0.1, 0.15) is 33.9 Å². The molecule has 1 amide bonds. The third-order valence-corrected chi connectivity index (χ3v) is 4.43. The van der Waals surface area contributed by atoms with Gasteiger partial charge < -0.3 is 14.7 Å². The Labute approximate surface area is 142 Å². The number of aromatic amines is 1. The standard InChI is InChI=1S/C19H15FN2O3/c20-12-4-5-13-11(10-12)3-7-15(13)21-18(23)14-6-8-16(22-19(14)24)17-2-1-9-25-17/h1-2,4-6,8-10,15H,3,7H2,(H,21,23)(H,22,24)/t15-/m0/s1. The first-order chi connectivity index (χ1) is 12.1. The predicted molar refractivity (Wildman–Crippen MR) is 89.7 cm³/mol. The number of aromatic nitrogens is 1. The molecule has 3 aromatic rings. The van der Waals surface area contributed by atoms with Gasteiger partial charge in [0.25, 0.3) is 11.5 Å². The van der Waals surface area contributed by atoms with E-state index in [1.54, 1.807) is 24.3 Å². The van der Waals surface area contributed by atoms with Gasteiger partial charge in [0, 0.05) is 0 Å². The van der Waals surface area contributed by atoms with Crippen molar-refractivity contribution in [3.05, 3.63) is 81.6 Å². The van der Waals surface area contributed by atoms with E-state index >= 15 is 0 Å². The van der Waals surface area contributed by atoms with E-state index in [0.29, 0.717) is 24.3 Å². The highest BCUT2D eigenvalue weighted by Gasteiger charge is 2.25. The number of H-pyrrole nitrogens is 1. The van der Waals surface area contributed by atoms with Crippen LogP contribution >= 0.6 is 0 Å². The van der Waals surface area contributed by atoms with E-state index in [9.17, 15) is 14.0 Å². The Morgan fingerprint density at radius 1 is 1.24 bits per heavy atom. The van der Waals surface area contributed by atoms with Crippen LogP contribution in [-0.2, 0) is 6.42 Å². The molecule has 0 fully saturated rings. The number of rotatable bonds is 3. The molecule has 6 heteroatoms. The van der Waals surface area contributed by atoms with Gasteiger partial charge in [-0.1, -0.05) is 6.07 Å². The Bertz CT molecular complexity index is 992. The van der Waals surface area contributed by atoms with E-state index in [-0.39, 0.29) is 17.4 Å². The topological polar surface area (TPSA) is 75.1 Å². The van der Waals surface area contributed by atoms with Crippen LogP contribution in [-0.4, -0.2) is 10.9 Å². The van der Waals surface area contributed by atoms with Gasteiger partial charge in [-0.15, -0.1) is 0 Å². The number of hydrogen-bond donors (Lipinski definition) is 2. The summed E-state index contributed by atoms with van der Waals surface area (Å²) in [5.74, 6) is -0.207. The number of benzene rings is 1. The van der Waals surface area contributed by atoms with Crippen molar-refractivity contribution < 1.29 is 13.6 Å². The number of amides is 1. The highest BCUT2D eigenvalue weighted by Crippen LogP contribution is 2.31. The Morgan fingerprint density at radius 3 is 2.88 bits per heavy atom. The number of carbonyl (C=O) groups excluding carboxylic acids is 1. The Kier molecular flexibility index (Phi) is 3.72. The number of hydrogen-bond acceptors (Lipinski definition) is 3. The van der Waals surface area contributed by atoms with Crippen molar-refractivity contribution >= 4 is 5.91 Å². The second-order valence-electron chi connectivity index (χ2n) is 6.00. The molecule has 0 saturated carbocycles. The number of furan rings is 1. The Balaban J connectivity index is 1.56. The van der Waals surface area contributed by atoms with Crippen LogP contribution in [0, 0.1) is 5.82 Å². The number of pyridine rings is 1. The summed E-state index contributed by atoms with van der Waals surface area (Å²) in [6.07, 6.45) is 2.90. The second-order valence-corrected chi connectivity index (χ2v) is 6.00. The SMILES string of the molecule is O=C(N[C@H]1CCc2cc(F)ccc21)c1ccc(-c2ccco2)[nH]c1=O. The molecule has 2 heterocycles. The van der Waals surface area contributed by atoms with E-state index in [1.807, 2.05) is 0 Å². The summed E-state index contributed by atoms with van der Waals surface area (Å²) in [6.45, 7) is 0. The van der Waals surface area contributed by atoms with Crippen molar-refractivity contribution in [3.63, 3.8) is 0 Å². The molecule has 0 saturated heterocycles. The summed E-state index contributed by atoms with van der Waals surface area (Å²) in [7, 11) is 0. The first-order valence-electron chi connectivity index (χ1n) is 7.98. The van der Waals surface area contributed by atoms with Gasteiger partial charge in [-0.25, -0.2) is 4.39 Å². The van der Waals surface area contributed by atoms with Gasteiger partial charge in [0.05, 0.1) is 18.0 Å². The molecule has 0 unspecified atom stereocenters. The van der Waals surface area contributed by atoms with Crippen molar-refractivity contribution in [3.8, 4) is 11.5 Å². The fourth-order valence-corrected chi connectivity index (χ4v) is 3.20. The number of halogens is 1. The molecule has 1 atom stereocenters. The molecule has 126 valence electrons. The molecule has 0 aliphatic heterocycles. The molecule has 0 bridgehead atoms. The zero-order valence-corrected chi connectivity index (χ0v) is 13.2. The highest BCUT2D eigenvalue weighted by atomic mass is 19.1. The van der Waals surface area contributed by atoms with E-state index < -0.39 is 11.5 Å². The second kappa shape index (κ2) is 6.05. The molecule has 25 heavy (non-hydrogen) atoms. The average molecular weight is 338 g/mol. The van der Waals surface area contributed by atoms with Crippen LogP contribution in [0.15, 0.2) is 57.9 Å². The summed E-state index contributed by atoms with van der Waals surface area (Å²) in [5, 5.41) is 2.86. The van der Waals surface area contributed by atoms with Gasteiger partial charge in [0.15, 0.2) is 0 Å². The summed E-state index contributed by atoms with van der Waals surface area (Å²) >= 11 is 0. The Hall–Kier alpha value is -3.15. The number of carbonyl (C=O) groups is 1. The average Bonchev–Trinajstić information content (AvgIpc) is 3.25. The molecule has 1 aliphatic rings. The van der Waals surface area contributed by atoms with E-state index in [2.05, 4.69) is 10.3 Å². The van der Waals surface area contributed by atoms with Gasteiger partial charge in [-0.3, -0.25) is 9.59 Å². The van der Waals surface area contributed by atoms with Crippen LogP contribution in [0.2, 0.25) is 0 Å². The number of nitrogens with one attached hydrogen (secondary N) is 2. The first kappa shape index (κ1) is 15.4. The minimum absolute atomic E-state index is 0.0332. The molecule has 2 N–H and O–H groups in total. The maximum absolute atomic E-state index is 13.3. The normalized spacial score (nSPS) is 15.8. The molecule has 5 nitrogen and oxygen atoms in total. The minimum Gasteiger partial charge on any atom is -0.463 e. The van der Waals surface area contributed by atoms with E-state index in [0.717, 1.165) is 11.1 Å². The van der Waals surface area contributed by atoms with Crippen molar-refractivity contribution in [2.24, 2.45) is 0 Å². The zero-order chi connectivity index (χ0) is 17.4. The molecular formula is C19H15FN2O3. The lowest BCUT2D eigenvalue weighted by molar-refractivity contribution is 0.0935. The quantitative estimate of drug-likeness (QED) is 0.770. The van der Waals surface area contributed by atoms with Crippen molar-refractivity contribution in [2.75, 3.05) is 0 Å². The monoisotopic (exact) mass is 338 g/mol. The summed E-state index contributed by atoms with van der Waals surface area (Å²) in [6, 6.07) is 10.9. The van der Waals surface area contributed by atoms with Gasteiger partial charge in [0.1, 0.15) is 17.1 Å². The number of aryl methyl sites for hydroxylation is 1. The lowest BCUT2D eigenvalue weighted by Crippen LogP contribution is -2.32. The molecule has 2 aromatic heterocycles.